The normalized spacial score (nSPS) is 12.9. The Morgan fingerprint density at radius 3 is 2.71 bits per heavy atom. The van der Waals surface area contributed by atoms with Crippen molar-refractivity contribution in [3.8, 4) is 0 Å². The van der Waals surface area contributed by atoms with Crippen LogP contribution in [0.15, 0.2) is 5.38 Å². The molecule has 0 saturated heterocycles. The van der Waals surface area contributed by atoms with E-state index in [1.807, 2.05) is 0 Å². The summed E-state index contributed by atoms with van der Waals surface area (Å²) in [5.41, 5.74) is 1.26. The van der Waals surface area contributed by atoms with E-state index < -0.39 is 0 Å². The van der Waals surface area contributed by atoms with Crippen molar-refractivity contribution in [2.75, 3.05) is 6.54 Å². The molecule has 1 heterocycles. The zero-order valence-corrected chi connectivity index (χ0v) is 12.3. The van der Waals surface area contributed by atoms with Crippen LogP contribution in [0.3, 0.4) is 0 Å². The summed E-state index contributed by atoms with van der Waals surface area (Å²) in [5, 5.41) is 6.96. The van der Waals surface area contributed by atoms with Crippen LogP contribution in [0.25, 0.3) is 0 Å². The average molecular weight is 254 g/mol. The van der Waals surface area contributed by atoms with Gasteiger partial charge in [0.15, 0.2) is 0 Å². The van der Waals surface area contributed by atoms with Gasteiger partial charge in [-0.1, -0.05) is 39.5 Å². The molecule has 1 unspecified atom stereocenters. The molecule has 0 aliphatic carbocycles. The third-order valence-corrected chi connectivity index (χ3v) is 3.84. The fourth-order valence-corrected chi connectivity index (χ4v) is 2.76. The van der Waals surface area contributed by atoms with E-state index in [0.717, 1.165) is 13.0 Å². The molecule has 1 atom stereocenters. The van der Waals surface area contributed by atoms with Gasteiger partial charge < -0.3 is 5.32 Å². The zero-order valence-electron chi connectivity index (χ0n) is 11.5. The van der Waals surface area contributed by atoms with Gasteiger partial charge in [-0.05, 0) is 19.9 Å². The van der Waals surface area contributed by atoms with Gasteiger partial charge in [-0.3, -0.25) is 0 Å². The quantitative estimate of drug-likeness (QED) is 0.675. The molecule has 1 aromatic heterocycles. The molecule has 1 N–H and O–H groups in total. The number of rotatable bonds is 9. The minimum atomic E-state index is 0.610. The van der Waals surface area contributed by atoms with E-state index in [9.17, 15) is 0 Å². The molecule has 0 aromatic carbocycles. The van der Waals surface area contributed by atoms with Gasteiger partial charge in [0.25, 0.3) is 0 Å². The smallest absolute Gasteiger partial charge is 0.0897 e. The standard InChI is InChI=1S/C14H26N2S/c1-4-6-7-8-9-13(15-5-2)10-14-11-17-12(3)16-14/h11,13,15H,4-10H2,1-3H3. The second-order valence-corrected chi connectivity index (χ2v) is 5.73. The van der Waals surface area contributed by atoms with Gasteiger partial charge in [0.2, 0.25) is 0 Å². The Bertz CT molecular complexity index is 296. The highest BCUT2D eigenvalue weighted by molar-refractivity contribution is 7.09. The van der Waals surface area contributed by atoms with E-state index in [-0.39, 0.29) is 0 Å². The van der Waals surface area contributed by atoms with Gasteiger partial charge in [0.05, 0.1) is 10.7 Å². The number of nitrogens with zero attached hydrogens (tertiary/aromatic N) is 1. The molecule has 98 valence electrons. The van der Waals surface area contributed by atoms with Gasteiger partial charge >= 0.3 is 0 Å². The first kappa shape index (κ1) is 14.7. The summed E-state index contributed by atoms with van der Waals surface area (Å²) in [6.07, 6.45) is 7.77. The number of hydrogen-bond donors (Lipinski definition) is 1. The Labute approximate surface area is 110 Å². The van der Waals surface area contributed by atoms with Gasteiger partial charge in [-0.15, -0.1) is 11.3 Å². The number of unbranched alkanes of at least 4 members (excludes halogenated alkanes) is 3. The Hall–Kier alpha value is -0.410. The molecule has 2 nitrogen and oxygen atoms in total. The maximum absolute atomic E-state index is 4.56. The summed E-state index contributed by atoms with van der Waals surface area (Å²) < 4.78 is 0. The van der Waals surface area contributed by atoms with Crippen molar-refractivity contribution in [1.82, 2.24) is 10.3 Å². The first-order chi connectivity index (χ1) is 8.26. The first-order valence-corrected chi connectivity index (χ1v) is 7.78. The highest BCUT2D eigenvalue weighted by Gasteiger charge is 2.09. The fraction of sp³-hybridized carbons (Fsp3) is 0.786. The van der Waals surface area contributed by atoms with Crippen LogP contribution >= 0.6 is 11.3 Å². The average Bonchev–Trinajstić information content (AvgIpc) is 2.70. The van der Waals surface area contributed by atoms with Crippen molar-refractivity contribution in [2.24, 2.45) is 0 Å². The van der Waals surface area contributed by atoms with E-state index in [4.69, 9.17) is 0 Å². The summed E-state index contributed by atoms with van der Waals surface area (Å²) in [7, 11) is 0. The van der Waals surface area contributed by atoms with Crippen LogP contribution in [0.2, 0.25) is 0 Å². The molecule has 0 aliphatic heterocycles. The van der Waals surface area contributed by atoms with Crippen molar-refractivity contribution in [3.63, 3.8) is 0 Å². The summed E-state index contributed by atoms with van der Waals surface area (Å²) in [6, 6.07) is 0.610. The molecular weight excluding hydrogens is 228 g/mol. The minimum absolute atomic E-state index is 0.610. The van der Waals surface area contributed by atoms with Crippen LogP contribution in [0.5, 0.6) is 0 Å². The largest absolute Gasteiger partial charge is 0.314 e. The minimum Gasteiger partial charge on any atom is -0.314 e. The summed E-state index contributed by atoms with van der Waals surface area (Å²) >= 11 is 1.76. The van der Waals surface area contributed by atoms with E-state index in [2.05, 4.69) is 36.5 Å². The van der Waals surface area contributed by atoms with Crippen LogP contribution in [0.1, 0.15) is 56.7 Å². The Balaban J connectivity index is 2.32. The van der Waals surface area contributed by atoms with Crippen LogP contribution in [0.4, 0.5) is 0 Å². The maximum Gasteiger partial charge on any atom is 0.0897 e. The lowest BCUT2D eigenvalue weighted by atomic mass is 10.0. The molecule has 1 rings (SSSR count). The first-order valence-electron chi connectivity index (χ1n) is 6.90. The molecule has 0 saturated carbocycles. The van der Waals surface area contributed by atoms with Gasteiger partial charge in [0, 0.05) is 17.8 Å². The molecule has 1 aromatic rings. The van der Waals surface area contributed by atoms with Gasteiger partial charge in [-0.25, -0.2) is 4.98 Å². The molecule has 17 heavy (non-hydrogen) atoms. The van der Waals surface area contributed by atoms with Crippen LogP contribution in [0, 0.1) is 6.92 Å². The Morgan fingerprint density at radius 1 is 1.29 bits per heavy atom. The van der Waals surface area contributed by atoms with Gasteiger partial charge in [0.1, 0.15) is 0 Å². The van der Waals surface area contributed by atoms with Crippen molar-refractivity contribution in [1.29, 1.82) is 0 Å². The van der Waals surface area contributed by atoms with Crippen LogP contribution in [-0.4, -0.2) is 17.6 Å². The van der Waals surface area contributed by atoms with Crippen molar-refractivity contribution >= 4 is 11.3 Å². The van der Waals surface area contributed by atoms with Gasteiger partial charge in [-0.2, -0.15) is 0 Å². The monoisotopic (exact) mass is 254 g/mol. The highest BCUT2D eigenvalue weighted by atomic mass is 32.1. The second-order valence-electron chi connectivity index (χ2n) is 4.67. The Morgan fingerprint density at radius 2 is 2.12 bits per heavy atom. The summed E-state index contributed by atoms with van der Waals surface area (Å²) in [6.45, 7) is 7.59. The molecule has 0 fully saturated rings. The molecule has 0 spiro atoms. The molecule has 0 aliphatic rings. The third kappa shape index (κ3) is 6.18. The number of aromatic nitrogens is 1. The van der Waals surface area contributed by atoms with E-state index in [1.54, 1.807) is 11.3 Å². The topological polar surface area (TPSA) is 24.9 Å². The molecule has 0 radical (unpaired) electrons. The Kier molecular flexibility index (Phi) is 7.45. The predicted octanol–water partition coefficient (Wildman–Crippen LogP) is 3.94. The fourth-order valence-electron chi connectivity index (χ4n) is 2.14. The number of nitrogens with one attached hydrogen (secondary N) is 1. The predicted molar refractivity (Wildman–Crippen MR) is 76.8 cm³/mol. The number of aryl methyl sites for hydroxylation is 1. The lowest BCUT2D eigenvalue weighted by Gasteiger charge is -2.16. The lowest BCUT2D eigenvalue weighted by Crippen LogP contribution is -2.31. The number of thiazole rings is 1. The maximum atomic E-state index is 4.56. The molecule has 0 amide bonds. The molecule has 3 heteroatoms. The zero-order chi connectivity index (χ0) is 12.5. The van der Waals surface area contributed by atoms with E-state index in [1.165, 1.54) is 42.8 Å². The third-order valence-electron chi connectivity index (χ3n) is 3.02. The SMILES string of the molecule is CCCCCCC(Cc1csc(C)n1)NCC. The molecular formula is C14H26N2S. The highest BCUT2D eigenvalue weighted by Crippen LogP contribution is 2.13. The molecule has 0 bridgehead atoms. The van der Waals surface area contributed by atoms with Crippen molar-refractivity contribution in [3.05, 3.63) is 16.1 Å². The summed E-state index contributed by atoms with van der Waals surface area (Å²) in [5.74, 6) is 0. The van der Waals surface area contributed by atoms with Crippen LogP contribution < -0.4 is 5.32 Å². The van der Waals surface area contributed by atoms with Crippen molar-refractivity contribution in [2.45, 2.75) is 65.3 Å². The van der Waals surface area contributed by atoms with E-state index >= 15 is 0 Å². The van der Waals surface area contributed by atoms with Crippen LogP contribution in [-0.2, 0) is 6.42 Å². The lowest BCUT2D eigenvalue weighted by molar-refractivity contribution is 0.460. The number of likely N-dealkylation sites (N-methyl/N-ethyl adjacent to an activating group) is 1. The second kappa shape index (κ2) is 8.65. The number of hydrogen-bond acceptors (Lipinski definition) is 3. The summed E-state index contributed by atoms with van der Waals surface area (Å²) in [4.78, 5) is 4.56. The van der Waals surface area contributed by atoms with E-state index in [0.29, 0.717) is 6.04 Å². The van der Waals surface area contributed by atoms with Crippen molar-refractivity contribution < 1.29 is 0 Å².